The van der Waals surface area contributed by atoms with Gasteiger partial charge in [0, 0.05) is 24.5 Å². The molecule has 116 valence electrons. The van der Waals surface area contributed by atoms with E-state index in [9.17, 15) is 9.90 Å². The van der Waals surface area contributed by atoms with Crippen molar-refractivity contribution >= 4 is 5.91 Å². The van der Waals surface area contributed by atoms with E-state index in [-0.39, 0.29) is 18.1 Å². The van der Waals surface area contributed by atoms with Crippen LogP contribution in [0, 0.1) is 0 Å². The van der Waals surface area contributed by atoms with Gasteiger partial charge in [-0.05, 0) is 32.7 Å². The Kier molecular flexibility index (Phi) is 5.85. The molecule has 0 bridgehead atoms. The number of nitrogens with zero attached hydrogens (tertiary/aromatic N) is 1. The first-order valence-electron chi connectivity index (χ1n) is 8.30. The predicted molar refractivity (Wildman–Crippen MR) is 80.5 cm³/mol. The zero-order valence-electron chi connectivity index (χ0n) is 12.9. The van der Waals surface area contributed by atoms with Crippen molar-refractivity contribution in [3.63, 3.8) is 0 Å². The maximum Gasteiger partial charge on any atom is 0.224 e. The summed E-state index contributed by atoms with van der Waals surface area (Å²) in [5.41, 5.74) is 0.00163. The molecule has 0 saturated heterocycles. The Bertz CT molecular complexity index is 308. The SMILES string of the molecule is CNC1(CC(=O)N(CCO)C2CCCC2)CCCCC1. The van der Waals surface area contributed by atoms with Gasteiger partial charge in [0.05, 0.1) is 6.61 Å². The highest BCUT2D eigenvalue weighted by Gasteiger charge is 2.36. The van der Waals surface area contributed by atoms with Gasteiger partial charge < -0.3 is 15.3 Å². The molecule has 0 aliphatic heterocycles. The van der Waals surface area contributed by atoms with Crippen molar-refractivity contribution in [3.8, 4) is 0 Å². The number of carbonyl (C=O) groups excluding carboxylic acids is 1. The quantitative estimate of drug-likeness (QED) is 0.784. The van der Waals surface area contributed by atoms with Gasteiger partial charge in [-0.3, -0.25) is 4.79 Å². The minimum absolute atomic E-state index is 0.00163. The van der Waals surface area contributed by atoms with Gasteiger partial charge in [0.15, 0.2) is 0 Å². The molecule has 0 radical (unpaired) electrons. The molecule has 0 heterocycles. The molecule has 0 atom stereocenters. The van der Waals surface area contributed by atoms with Gasteiger partial charge in [0.1, 0.15) is 0 Å². The lowest BCUT2D eigenvalue weighted by Crippen LogP contribution is -2.51. The van der Waals surface area contributed by atoms with Crippen molar-refractivity contribution < 1.29 is 9.90 Å². The standard InChI is InChI=1S/C16H30N2O2/c1-17-16(9-5-2-6-10-16)13-15(20)18(11-12-19)14-7-3-4-8-14/h14,17,19H,2-13H2,1H3. The molecule has 2 rings (SSSR count). The highest BCUT2D eigenvalue weighted by atomic mass is 16.3. The highest BCUT2D eigenvalue weighted by Crippen LogP contribution is 2.32. The van der Waals surface area contributed by atoms with Crippen LogP contribution in [0.4, 0.5) is 0 Å². The monoisotopic (exact) mass is 282 g/mol. The molecular formula is C16H30N2O2. The van der Waals surface area contributed by atoms with Crippen molar-refractivity contribution in [2.24, 2.45) is 0 Å². The van der Waals surface area contributed by atoms with E-state index in [1.165, 1.54) is 32.1 Å². The number of carbonyl (C=O) groups is 1. The van der Waals surface area contributed by atoms with Crippen molar-refractivity contribution in [2.75, 3.05) is 20.2 Å². The first kappa shape index (κ1) is 15.8. The molecule has 4 heteroatoms. The summed E-state index contributed by atoms with van der Waals surface area (Å²) in [5, 5.41) is 12.7. The topological polar surface area (TPSA) is 52.6 Å². The summed E-state index contributed by atoms with van der Waals surface area (Å²) in [5.74, 6) is 0.238. The molecule has 0 aromatic heterocycles. The van der Waals surface area contributed by atoms with Crippen LogP contribution in [0.25, 0.3) is 0 Å². The number of aliphatic hydroxyl groups excluding tert-OH is 1. The van der Waals surface area contributed by atoms with E-state index >= 15 is 0 Å². The van der Waals surface area contributed by atoms with Crippen molar-refractivity contribution in [3.05, 3.63) is 0 Å². The van der Waals surface area contributed by atoms with Crippen LogP contribution >= 0.6 is 0 Å². The van der Waals surface area contributed by atoms with E-state index in [1.807, 2.05) is 11.9 Å². The van der Waals surface area contributed by atoms with Gasteiger partial charge in [0.25, 0.3) is 0 Å². The summed E-state index contributed by atoms with van der Waals surface area (Å²) >= 11 is 0. The Morgan fingerprint density at radius 2 is 1.85 bits per heavy atom. The van der Waals surface area contributed by atoms with Crippen LogP contribution in [0.15, 0.2) is 0 Å². The highest BCUT2D eigenvalue weighted by molar-refractivity contribution is 5.78. The second-order valence-electron chi connectivity index (χ2n) is 6.52. The molecule has 20 heavy (non-hydrogen) atoms. The molecule has 4 nitrogen and oxygen atoms in total. The lowest BCUT2D eigenvalue weighted by Gasteiger charge is -2.39. The van der Waals surface area contributed by atoms with E-state index in [0.29, 0.717) is 19.0 Å². The summed E-state index contributed by atoms with van der Waals surface area (Å²) in [4.78, 5) is 14.7. The average molecular weight is 282 g/mol. The minimum Gasteiger partial charge on any atom is -0.395 e. The second-order valence-corrected chi connectivity index (χ2v) is 6.52. The first-order valence-corrected chi connectivity index (χ1v) is 8.30. The molecule has 2 aliphatic carbocycles. The summed E-state index contributed by atoms with van der Waals surface area (Å²) < 4.78 is 0. The van der Waals surface area contributed by atoms with Crippen LogP contribution in [0.1, 0.15) is 64.2 Å². The summed E-state index contributed by atoms with van der Waals surface area (Å²) in [6.45, 7) is 0.581. The van der Waals surface area contributed by atoms with Crippen LogP contribution in [0.2, 0.25) is 0 Å². The van der Waals surface area contributed by atoms with E-state index in [1.54, 1.807) is 0 Å². The van der Waals surface area contributed by atoms with Crippen molar-refractivity contribution in [2.45, 2.75) is 75.8 Å². The van der Waals surface area contributed by atoms with E-state index in [2.05, 4.69) is 5.32 Å². The normalized spacial score (nSPS) is 22.9. The third-order valence-corrected chi connectivity index (χ3v) is 5.26. The zero-order chi connectivity index (χ0) is 14.4. The smallest absolute Gasteiger partial charge is 0.224 e. The fourth-order valence-electron chi connectivity index (χ4n) is 3.97. The van der Waals surface area contributed by atoms with E-state index in [0.717, 1.165) is 25.7 Å². The number of hydrogen-bond donors (Lipinski definition) is 2. The van der Waals surface area contributed by atoms with Crippen molar-refractivity contribution in [1.29, 1.82) is 0 Å². The summed E-state index contributed by atoms with van der Waals surface area (Å²) in [6, 6.07) is 0.368. The summed E-state index contributed by atoms with van der Waals surface area (Å²) in [6.07, 6.45) is 11.2. The minimum atomic E-state index is 0.00163. The molecule has 1 amide bonds. The third-order valence-electron chi connectivity index (χ3n) is 5.26. The lowest BCUT2D eigenvalue weighted by molar-refractivity contribution is -0.136. The van der Waals surface area contributed by atoms with E-state index < -0.39 is 0 Å². The van der Waals surface area contributed by atoms with Crippen LogP contribution in [-0.2, 0) is 4.79 Å². The van der Waals surface area contributed by atoms with Gasteiger partial charge in [0.2, 0.25) is 5.91 Å². The Labute approximate surface area is 122 Å². The summed E-state index contributed by atoms with van der Waals surface area (Å²) in [7, 11) is 1.99. The maximum absolute atomic E-state index is 12.7. The third kappa shape index (κ3) is 3.73. The number of amides is 1. The Morgan fingerprint density at radius 3 is 2.40 bits per heavy atom. The first-order chi connectivity index (χ1) is 9.71. The van der Waals surface area contributed by atoms with Gasteiger partial charge >= 0.3 is 0 Å². The van der Waals surface area contributed by atoms with Gasteiger partial charge in [-0.2, -0.15) is 0 Å². The maximum atomic E-state index is 12.7. The van der Waals surface area contributed by atoms with Crippen LogP contribution in [-0.4, -0.2) is 47.7 Å². The fourth-order valence-corrected chi connectivity index (χ4v) is 3.97. The van der Waals surface area contributed by atoms with Crippen LogP contribution in [0.3, 0.4) is 0 Å². The fraction of sp³-hybridized carbons (Fsp3) is 0.938. The molecule has 2 aliphatic rings. The predicted octanol–water partition coefficient (Wildman–Crippen LogP) is 2.06. The Morgan fingerprint density at radius 1 is 1.20 bits per heavy atom. The van der Waals surface area contributed by atoms with Crippen LogP contribution in [0.5, 0.6) is 0 Å². The lowest BCUT2D eigenvalue weighted by atomic mass is 9.79. The Hall–Kier alpha value is -0.610. The molecule has 2 N–H and O–H groups in total. The second kappa shape index (κ2) is 7.41. The zero-order valence-corrected chi connectivity index (χ0v) is 12.9. The van der Waals surface area contributed by atoms with Crippen molar-refractivity contribution in [1.82, 2.24) is 10.2 Å². The Balaban J connectivity index is 1.98. The van der Waals surface area contributed by atoms with Gasteiger partial charge in [-0.25, -0.2) is 0 Å². The largest absolute Gasteiger partial charge is 0.395 e. The number of rotatable bonds is 6. The number of aliphatic hydroxyl groups is 1. The average Bonchev–Trinajstić information content (AvgIpc) is 2.99. The molecule has 0 aromatic carbocycles. The van der Waals surface area contributed by atoms with Gasteiger partial charge in [-0.1, -0.05) is 32.1 Å². The molecular weight excluding hydrogens is 252 g/mol. The molecule has 0 spiro atoms. The molecule has 0 unspecified atom stereocenters. The van der Waals surface area contributed by atoms with Gasteiger partial charge in [-0.15, -0.1) is 0 Å². The van der Waals surface area contributed by atoms with Crippen LogP contribution < -0.4 is 5.32 Å². The number of hydrogen-bond acceptors (Lipinski definition) is 3. The number of nitrogens with one attached hydrogen (secondary N) is 1. The molecule has 0 aromatic rings. The molecule has 2 fully saturated rings. The molecule has 2 saturated carbocycles. The van der Waals surface area contributed by atoms with E-state index in [4.69, 9.17) is 0 Å².